The summed E-state index contributed by atoms with van der Waals surface area (Å²) >= 11 is 0. The van der Waals surface area contributed by atoms with E-state index in [0.717, 1.165) is 0 Å². The van der Waals surface area contributed by atoms with Gasteiger partial charge in [-0.15, -0.1) is 0 Å². The number of carbonyl (C=O) groups is 2. The summed E-state index contributed by atoms with van der Waals surface area (Å²) in [6.07, 6.45) is -0.601. The standard InChI is InChI=1S/C11H21NO4/c1-6-15-9(13)8(2)12-10(14)16-7-11(3,4)5/h8H,6-7H2,1-5H3,(H,12,14)/t8-/m0/s1. The smallest absolute Gasteiger partial charge is 0.407 e. The third-order valence-corrected chi connectivity index (χ3v) is 1.61. The zero-order valence-electron chi connectivity index (χ0n) is 10.6. The molecule has 0 radical (unpaired) electrons. The van der Waals surface area contributed by atoms with Crippen molar-refractivity contribution in [1.82, 2.24) is 5.32 Å². The first-order valence-electron chi connectivity index (χ1n) is 5.36. The molecule has 0 aromatic rings. The van der Waals surface area contributed by atoms with Gasteiger partial charge in [-0.3, -0.25) is 0 Å². The van der Waals surface area contributed by atoms with Crippen LogP contribution in [-0.2, 0) is 14.3 Å². The molecule has 0 aliphatic carbocycles. The predicted octanol–water partition coefficient (Wildman–Crippen LogP) is 1.71. The van der Waals surface area contributed by atoms with Crippen LogP contribution in [0.4, 0.5) is 4.79 Å². The van der Waals surface area contributed by atoms with E-state index in [1.807, 2.05) is 20.8 Å². The second-order valence-electron chi connectivity index (χ2n) is 4.75. The van der Waals surface area contributed by atoms with Gasteiger partial charge in [-0.2, -0.15) is 0 Å². The van der Waals surface area contributed by atoms with Crippen molar-refractivity contribution in [2.24, 2.45) is 5.41 Å². The van der Waals surface area contributed by atoms with Gasteiger partial charge >= 0.3 is 12.1 Å². The topological polar surface area (TPSA) is 64.6 Å². The molecule has 5 nitrogen and oxygen atoms in total. The minimum absolute atomic E-state index is 0.0928. The van der Waals surface area contributed by atoms with E-state index in [0.29, 0.717) is 13.2 Å². The van der Waals surface area contributed by atoms with Gasteiger partial charge in [0.05, 0.1) is 13.2 Å². The molecule has 0 aliphatic heterocycles. The van der Waals surface area contributed by atoms with Gasteiger partial charge in [0.25, 0.3) is 0 Å². The lowest BCUT2D eigenvalue weighted by Gasteiger charge is -2.19. The second-order valence-corrected chi connectivity index (χ2v) is 4.75. The van der Waals surface area contributed by atoms with Gasteiger partial charge in [0.1, 0.15) is 6.04 Å². The Morgan fingerprint density at radius 1 is 1.25 bits per heavy atom. The molecule has 0 spiro atoms. The van der Waals surface area contributed by atoms with Crippen molar-refractivity contribution in [1.29, 1.82) is 0 Å². The zero-order chi connectivity index (χ0) is 12.8. The molecule has 1 N–H and O–H groups in total. The van der Waals surface area contributed by atoms with E-state index in [1.54, 1.807) is 13.8 Å². The predicted molar refractivity (Wildman–Crippen MR) is 60.0 cm³/mol. The Bertz CT molecular complexity index is 245. The van der Waals surface area contributed by atoms with Crippen LogP contribution in [0.5, 0.6) is 0 Å². The second kappa shape index (κ2) is 6.35. The Morgan fingerprint density at radius 3 is 2.25 bits per heavy atom. The van der Waals surface area contributed by atoms with E-state index in [2.05, 4.69) is 5.32 Å². The average Bonchev–Trinajstić information content (AvgIpc) is 2.14. The van der Waals surface area contributed by atoms with Gasteiger partial charge < -0.3 is 14.8 Å². The first-order valence-corrected chi connectivity index (χ1v) is 5.36. The van der Waals surface area contributed by atoms with Gasteiger partial charge in [-0.25, -0.2) is 9.59 Å². The van der Waals surface area contributed by atoms with Crippen molar-refractivity contribution >= 4 is 12.1 Å². The van der Waals surface area contributed by atoms with Crippen LogP contribution >= 0.6 is 0 Å². The lowest BCUT2D eigenvalue weighted by atomic mass is 9.99. The number of hydrogen-bond donors (Lipinski definition) is 1. The highest BCUT2D eigenvalue weighted by Crippen LogP contribution is 2.12. The first-order chi connectivity index (χ1) is 7.26. The molecule has 0 aromatic heterocycles. The van der Waals surface area contributed by atoms with Crippen LogP contribution in [0.25, 0.3) is 0 Å². The van der Waals surface area contributed by atoms with Gasteiger partial charge in [0, 0.05) is 0 Å². The molecule has 0 fully saturated rings. The molecule has 0 saturated heterocycles. The first kappa shape index (κ1) is 14.7. The molecule has 0 unspecified atom stereocenters. The molecule has 94 valence electrons. The van der Waals surface area contributed by atoms with Crippen molar-refractivity contribution in [2.75, 3.05) is 13.2 Å². The van der Waals surface area contributed by atoms with Crippen molar-refractivity contribution in [3.63, 3.8) is 0 Å². The number of ether oxygens (including phenoxy) is 2. The molecule has 0 rings (SSSR count). The Labute approximate surface area is 96.5 Å². The van der Waals surface area contributed by atoms with Crippen molar-refractivity contribution in [3.8, 4) is 0 Å². The number of alkyl carbamates (subject to hydrolysis) is 1. The fraction of sp³-hybridized carbons (Fsp3) is 0.818. The van der Waals surface area contributed by atoms with Gasteiger partial charge in [-0.1, -0.05) is 20.8 Å². The maximum atomic E-state index is 11.3. The van der Waals surface area contributed by atoms with Crippen LogP contribution in [0, 0.1) is 5.41 Å². The lowest BCUT2D eigenvalue weighted by molar-refractivity contribution is -0.145. The summed E-state index contributed by atoms with van der Waals surface area (Å²) < 4.78 is 9.69. The number of hydrogen-bond acceptors (Lipinski definition) is 4. The molecule has 0 aliphatic rings. The third kappa shape index (κ3) is 7.09. The van der Waals surface area contributed by atoms with E-state index in [9.17, 15) is 9.59 Å². The molecule has 1 atom stereocenters. The molecule has 16 heavy (non-hydrogen) atoms. The van der Waals surface area contributed by atoms with Crippen LogP contribution in [0.2, 0.25) is 0 Å². The fourth-order valence-corrected chi connectivity index (χ4v) is 0.827. The molecule has 0 bridgehead atoms. The normalized spacial score (nSPS) is 12.8. The quantitative estimate of drug-likeness (QED) is 0.748. The summed E-state index contributed by atoms with van der Waals surface area (Å²) in [5.74, 6) is -0.463. The molecular weight excluding hydrogens is 210 g/mol. The molecule has 5 heteroatoms. The molecule has 1 amide bonds. The average molecular weight is 231 g/mol. The fourth-order valence-electron chi connectivity index (χ4n) is 0.827. The third-order valence-electron chi connectivity index (χ3n) is 1.61. The van der Waals surface area contributed by atoms with Crippen LogP contribution < -0.4 is 5.32 Å². The van der Waals surface area contributed by atoms with E-state index < -0.39 is 18.1 Å². The summed E-state index contributed by atoms with van der Waals surface area (Å²) in [7, 11) is 0. The van der Waals surface area contributed by atoms with Crippen LogP contribution in [-0.4, -0.2) is 31.3 Å². The van der Waals surface area contributed by atoms with E-state index in [1.165, 1.54) is 0 Å². The summed E-state index contributed by atoms with van der Waals surface area (Å²) in [4.78, 5) is 22.5. The SMILES string of the molecule is CCOC(=O)[C@H](C)NC(=O)OCC(C)(C)C. The highest BCUT2D eigenvalue weighted by molar-refractivity contribution is 5.80. The highest BCUT2D eigenvalue weighted by Gasteiger charge is 2.19. The minimum Gasteiger partial charge on any atom is -0.464 e. The van der Waals surface area contributed by atoms with E-state index in [-0.39, 0.29) is 5.41 Å². The summed E-state index contributed by atoms with van der Waals surface area (Å²) in [6.45, 7) is 9.72. The minimum atomic E-state index is -0.688. The van der Waals surface area contributed by atoms with Gasteiger partial charge in [0.2, 0.25) is 0 Å². The summed E-state index contributed by atoms with van der Waals surface area (Å²) in [5.41, 5.74) is -0.0928. The summed E-state index contributed by atoms with van der Waals surface area (Å²) in [6, 6.07) is -0.688. The highest BCUT2D eigenvalue weighted by atomic mass is 16.6. The zero-order valence-corrected chi connectivity index (χ0v) is 10.6. The Morgan fingerprint density at radius 2 is 1.81 bits per heavy atom. The van der Waals surface area contributed by atoms with Crippen molar-refractivity contribution in [2.45, 2.75) is 40.7 Å². The number of carbonyl (C=O) groups excluding carboxylic acids is 2. The maximum Gasteiger partial charge on any atom is 0.407 e. The molecule has 0 aromatic carbocycles. The monoisotopic (exact) mass is 231 g/mol. The van der Waals surface area contributed by atoms with Crippen LogP contribution in [0.1, 0.15) is 34.6 Å². The van der Waals surface area contributed by atoms with Gasteiger partial charge in [-0.05, 0) is 19.3 Å². The van der Waals surface area contributed by atoms with Crippen LogP contribution in [0.3, 0.4) is 0 Å². The Kier molecular flexibility index (Phi) is 5.85. The Balaban J connectivity index is 3.92. The lowest BCUT2D eigenvalue weighted by Crippen LogP contribution is -2.40. The number of amides is 1. The summed E-state index contributed by atoms with van der Waals surface area (Å²) in [5, 5.41) is 2.40. The van der Waals surface area contributed by atoms with E-state index in [4.69, 9.17) is 9.47 Å². The molecule has 0 saturated carbocycles. The number of rotatable bonds is 4. The van der Waals surface area contributed by atoms with Crippen LogP contribution in [0.15, 0.2) is 0 Å². The number of nitrogens with one attached hydrogen (secondary N) is 1. The molecular formula is C11H21NO4. The maximum absolute atomic E-state index is 11.3. The molecule has 0 heterocycles. The van der Waals surface area contributed by atoms with Crippen molar-refractivity contribution in [3.05, 3.63) is 0 Å². The largest absolute Gasteiger partial charge is 0.464 e. The van der Waals surface area contributed by atoms with Gasteiger partial charge in [0.15, 0.2) is 0 Å². The Hall–Kier alpha value is -1.26. The van der Waals surface area contributed by atoms with Crippen molar-refractivity contribution < 1.29 is 19.1 Å². The number of esters is 1. The van der Waals surface area contributed by atoms with E-state index >= 15 is 0 Å².